The number of amides is 1. The van der Waals surface area contributed by atoms with E-state index in [9.17, 15) is 4.79 Å². The third-order valence-corrected chi connectivity index (χ3v) is 5.36. The molecule has 1 aliphatic rings. The topological polar surface area (TPSA) is 83.5 Å². The second-order valence-electron chi connectivity index (χ2n) is 7.16. The van der Waals surface area contributed by atoms with Crippen molar-refractivity contribution in [3.05, 3.63) is 70.6 Å². The molecule has 1 N–H and O–H groups in total. The lowest BCUT2D eigenvalue weighted by molar-refractivity contribution is 0.0941. The van der Waals surface area contributed by atoms with Gasteiger partial charge in [0.15, 0.2) is 0 Å². The molecule has 31 heavy (non-hydrogen) atoms. The van der Waals surface area contributed by atoms with Gasteiger partial charge in [-0.2, -0.15) is 0 Å². The van der Waals surface area contributed by atoms with Gasteiger partial charge < -0.3 is 19.9 Å². The quantitative estimate of drug-likeness (QED) is 0.584. The number of aromatic nitrogens is 3. The highest BCUT2D eigenvalue weighted by Crippen LogP contribution is 2.22. The summed E-state index contributed by atoms with van der Waals surface area (Å²) in [5, 5.41) is 3.22. The second-order valence-corrected chi connectivity index (χ2v) is 8.07. The molecule has 1 amide bonds. The Labute approximate surface area is 189 Å². The molecule has 1 aromatic carbocycles. The number of rotatable bonds is 5. The second kappa shape index (κ2) is 9.74. The number of hydrogen-bond acceptors (Lipinski definition) is 7. The molecular formula is C22H23BrN6O2. The standard InChI is InChI=1S/C22H23BrN6O2/c1-16-25-20(27-19-13-18(23)7-8-24-19)14-21(26-16)28-9-11-29(12-10-28)22(30)31-15-17-5-3-2-4-6-17/h2-8,13-14H,9-12,15H2,1H3,(H,24,25,26,27). The molecule has 0 bridgehead atoms. The van der Waals surface area contributed by atoms with Crippen LogP contribution < -0.4 is 10.2 Å². The summed E-state index contributed by atoms with van der Waals surface area (Å²) >= 11 is 3.45. The summed E-state index contributed by atoms with van der Waals surface area (Å²) < 4.78 is 6.38. The zero-order valence-corrected chi connectivity index (χ0v) is 18.7. The van der Waals surface area contributed by atoms with Gasteiger partial charge in [-0.1, -0.05) is 46.3 Å². The zero-order valence-electron chi connectivity index (χ0n) is 17.2. The molecule has 1 fully saturated rings. The van der Waals surface area contributed by atoms with Crippen molar-refractivity contribution in [1.82, 2.24) is 19.9 Å². The smallest absolute Gasteiger partial charge is 0.410 e. The maximum Gasteiger partial charge on any atom is 0.410 e. The Bertz CT molecular complexity index is 1040. The van der Waals surface area contributed by atoms with E-state index in [0.717, 1.165) is 15.9 Å². The van der Waals surface area contributed by atoms with Gasteiger partial charge in [-0.15, -0.1) is 0 Å². The fourth-order valence-electron chi connectivity index (χ4n) is 3.31. The van der Waals surface area contributed by atoms with Crippen molar-refractivity contribution in [2.24, 2.45) is 0 Å². The van der Waals surface area contributed by atoms with Crippen LogP contribution in [-0.4, -0.2) is 52.1 Å². The van der Waals surface area contributed by atoms with Crippen LogP contribution >= 0.6 is 15.9 Å². The van der Waals surface area contributed by atoms with Gasteiger partial charge in [0.05, 0.1) is 0 Å². The summed E-state index contributed by atoms with van der Waals surface area (Å²) in [6.45, 7) is 4.64. The summed E-state index contributed by atoms with van der Waals surface area (Å²) in [6, 6.07) is 15.3. The first kappa shape index (κ1) is 21.0. The molecule has 0 spiro atoms. The van der Waals surface area contributed by atoms with Crippen LogP contribution in [0.15, 0.2) is 59.2 Å². The molecule has 2 aromatic heterocycles. The van der Waals surface area contributed by atoms with Gasteiger partial charge in [0, 0.05) is 42.9 Å². The molecule has 4 rings (SSSR count). The maximum absolute atomic E-state index is 12.4. The molecule has 0 unspecified atom stereocenters. The predicted molar refractivity (Wildman–Crippen MR) is 122 cm³/mol. The first-order chi connectivity index (χ1) is 15.1. The number of piperazine rings is 1. The number of hydrogen-bond donors (Lipinski definition) is 1. The van der Waals surface area contributed by atoms with E-state index < -0.39 is 0 Å². The number of halogens is 1. The van der Waals surface area contributed by atoms with E-state index in [1.165, 1.54) is 0 Å². The van der Waals surface area contributed by atoms with Gasteiger partial charge in [-0.3, -0.25) is 0 Å². The Morgan fingerprint density at radius 2 is 1.84 bits per heavy atom. The Morgan fingerprint density at radius 1 is 1.06 bits per heavy atom. The lowest BCUT2D eigenvalue weighted by atomic mass is 10.2. The van der Waals surface area contributed by atoms with Gasteiger partial charge in [-0.05, 0) is 24.6 Å². The lowest BCUT2D eigenvalue weighted by Crippen LogP contribution is -2.49. The first-order valence-corrected chi connectivity index (χ1v) is 10.8. The third kappa shape index (κ3) is 5.69. The number of nitrogens with zero attached hydrogens (tertiary/aromatic N) is 5. The van der Waals surface area contributed by atoms with Crippen molar-refractivity contribution in [1.29, 1.82) is 0 Å². The van der Waals surface area contributed by atoms with E-state index in [4.69, 9.17) is 4.74 Å². The minimum Gasteiger partial charge on any atom is -0.445 e. The average molecular weight is 483 g/mol. The van der Waals surface area contributed by atoms with Crippen LogP contribution in [0.3, 0.4) is 0 Å². The van der Waals surface area contributed by atoms with Gasteiger partial charge in [-0.25, -0.2) is 19.7 Å². The van der Waals surface area contributed by atoms with E-state index in [2.05, 4.69) is 41.1 Å². The summed E-state index contributed by atoms with van der Waals surface area (Å²) in [4.78, 5) is 29.6. The summed E-state index contributed by atoms with van der Waals surface area (Å²) in [7, 11) is 0. The number of anilines is 3. The lowest BCUT2D eigenvalue weighted by Gasteiger charge is -2.35. The largest absolute Gasteiger partial charge is 0.445 e. The fourth-order valence-corrected chi connectivity index (χ4v) is 3.65. The fraction of sp³-hybridized carbons (Fsp3) is 0.273. The SMILES string of the molecule is Cc1nc(Nc2cc(Br)ccn2)cc(N2CCN(C(=O)OCc3ccccc3)CC2)n1. The summed E-state index contributed by atoms with van der Waals surface area (Å²) in [5.74, 6) is 2.87. The van der Waals surface area contributed by atoms with Crippen LogP contribution in [0.25, 0.3) is 0 Å². The molecule has 0 saturated carbocycles. The molecule has 8 nitrogen and oxygen atoms in total. The predicted octanol–water partition coefficient (Wildman–Crippen LogP) is 4.14. The number of benzene rings is 1. The number of nitrogens with one attached hydrogen (secondary N) is 1. The highest BCUT2D eigenvalue weighted by molar-refractivity contribution is 9.10. The van der Waals surface area contributed by atoms with Crippen molar-refractivity contribution in [3.8, 4) is 0 Å². The average Bonchev–Trinajstić information content (AvgIpc) is 2.78. The Hall–Kier alpha value is -3.20. The number of aryl methyl sites for hydroxylation is 1. The van der Waals surface area contributed by atoms with Crippen LogP contribution in [0, 0.1) is 6.92 Å². The molecule has 0 aliphatic carbocycles. The van der Waals surface area contributed by atoms with E-state index in [1.54, 1.807) is 11.1 Å². The first-order valence-electron chi connectivity index (χ1n) is 10.0. The van der Waals surface area contributed by atoms with Gasteiger partial charge in [0.2, 0.25) is 0 Å². The molecule has 1 aliphatic heterocycles. The van der Waals surface area contributed by atoms with Crippen LogP contribution in [0.4, 0.5) is 22.2 Å². The number of pyridine rings is 1. The number of carbonyl (C=O) groups excluding carboxylic acids is 1. The molecule has 3 heterocycles. The van der Waals surface area contributed by atoms with Crippen LogP contribution in [-0.2, 0) is 11.3 Å². The number of carbonyl (C=O) groups is 1. The zero-order chi connectivity index (χ0) is 21.6. The minimum atomic E-state index is -0.287. The van der Waals surface area contributed by atoms with E-state index in [0.29, 0.717) is 43.6 Å². The Balaban J connectivity index is 1.35. The monoisotopic (exact) mass is 482 g/mol. The number of ether oxygens (including phenoxy) is 1. The molecule has 3 aromatic rings. The Morgan fingerprint density at radius 3 is 2.58 bits per heavy atom. The van der Waals surface area contributed by atoms with Gasteiger partial charge in [0.25, 0.3) is 0 Å². The van der Waals surface area contributed by atoms with Crippen LogP contribution in [0.5, 0.6) is 0 Å². The maximum atomic E-state index is 12.4. The van der Waals surface area contributed by atoms with E-state index in [1.807, 2.05) is 55.5 Å². The van der Waals surface area contributed by atoms with E-state index >= 15 is 0 Å². The summed E-state index contributed by atoms with van der Waals surface area (Å²) in [6.07, 6.45) is 1.43. The van der Waals surface area contributed by atoms with Crippen molar-refractivity contribution >= 4 is 39.5 Å². The molecule has 0 radical (unpaired) electrons. The van der Waals surface area contributed by atoms with Crippen molar-refractivity contribution < 1.29 is 9.53 Å². The minimum absolute atomic E-state index is 0.281. The van der Waals surface area contributed by atoms with Crippen molar-refractivity contribution in [2.75, 3.05) is 36.4 Å². The van der Waals surface area contributed by atoms with Crippen molar-refractivity contribution in [3.63, 3.8) is 0 Å². The third-order valence-electron chi connectivity index (χ3n) is 4.87. The van der Waals surface area contributed by atoms with Gasteiger partial charge in [0.1, 0.15) is 29.9 Å². The molecule has 0 atom stereocenters. The molecular weight excluding hydrogens is 460 g/mol. The van der Waals surface area contributed by atoms with Crippen molar-refractivity contribution in [2.45, 2.75) is 13.5 Å². The molecule has 1 saturated heterocycles. The normalized spacial score (nSPS) is 13.7. The van der Waals surface area contributed by atoms with E-state index in [-0.39, 0.29) is 12.7 Å². The summed E-state index contributed by atoms with van der Waals surface area (Å²) in [5.41, 5.74) is 0.978. The Kier molecular flexibility index (Phi) is 6.61. The van der Waals surface area contributed by atoms with Crippen LogP contribution in [0.2, 0.25) is 0 Å². The van der Waals surface area contributed by atoms with Crippen LogP contribution in [0.1, 0.15) is 11.4 Å². The highest BCUT2D eigenvalue weighted by atomic mass is 79.9. The molecule has 9 heteroatoms. The molecule has 160 valence electrons. The van der Waals surface area contributed by atoms with Gasteiger partial charge >= 0.3 is 6.09 Å². The highest BCUT2D eigenvalue weighted by Gasteiger charge is 2.23.